The van der Waals surface area contributed by atoms with Gasteiger partial charge in [-0.1, -0.05) is 67.2 Å². The van der Waals surface area contributed by atoms with Gasteiger partial charge < -0.3 is 4.90 Å². The van der Waals surface area contributed by atoms with E-state index in [0.29, 0.717) is 38.1 Å². The molecule has 4 fully saturated rings. The molecule has 1 saturated heterocycles. The van der Waals surface area contributed by atoms with Gasteiger partial charge in [0, 0.05) is 44.1 Å². The summed E-state index contributed by atoms with van der Waals surface area (Å²) in [4.78, 5) is 70.3. The number of carbonyl (C=O) groups is 5. The maximum absolute atomic E-state index is 14.5. The first-order valence-electron chi connectivity index (χ1n) is 18.7. The predicted molar refractivity (Wildman–Crippen MR) is 188 cm³/mol. The number of sulfone groups is 1. The molecule has 0 bridgehead atoms. The lowest BCUT2D eigenvalue weighted by Crippen LogP contribution is -2.51. The van der Waals surface area contributed by atoms with Gasteiger partial charge in [0.05, 0.1) is 16.5 Å². The molecule has 0 N–H and O–H groups in total. The zero-order valence-corrected chi connectivity index (χ0v) is 32.1. The summed E-state index contributed by atoms with van der Waals surface area (Å²) in [6.45, 7) is 17.6. The van der Waals surface area contributed by atoms with Crippen molar-refractivity contribution in [2.75, 3.05) is 12.3 Å². The van der Waals surface area contributed by atoms with Crippen molar-refractivity contribution < 1.29 is 32.4 Å². The van der Waals surface area contributed by atoms with Crippen LogP contribution in [0, 0.1) is 45.8 Å². The van der Waals surface area contributed by atoms with Crippen LogP contribution in [0.25, 0.3) is 0 Å². The monoisotopic (exact) mass is 689 g/mol. The Labute approximate surface area is 290 Å². The number of ketones is 4. The van der Waals surface area contributed by atoms with Gasteiger partial charge in [-0.05, 0) is 86.9 Å². The molecule has 0 aromatic carbocycles. The Hall–Kier alpha value is -1.90. The number of rotatable bonds is 16. The van der Waals surface area contributed by atoms with Crippen molar-refractivity contribution in [1.82, 2.24) is 4.90 Å². The fraction of sp³-hybridized carbons (Fsp3) is 0.872. The fourth-order valence-electron chi connectivity index (χ4n) is 8.81. The first kappa shape index (κ1) is 38.9. The highest BCUT2D eigenvalue weighted by molar-refractivity contribution is 7.92. The van der Waals surface area contributed by atoms with Gasteiger partial charge in [-0.25, -0.2) is 8.42 Å². The molecule has 3 aliphatic carbocycles. The molecule has 48 heavy (non-hydrogen) atoms. The summed E-state index contributed by atoms with van der Waals surface area (Å²) in [5.41, 5.74) is -1.31. The summed E-state index contributed by atoms with van der Waals surface area (Å²) in [7, 11) is -3.46. The second kappa shape index (κ2) is 14.0. The van der Waals surface area contributed by atoms with Crippen molar-refractivity contribution in [1.29, 1.82) is 0 Å². The molecule has 0 aromatic heterocycles. The third kappa shape index (κ3) is 8.51. The molecule has 1 aliphatic heterocycles. The Morgan fingerprint density at radius 2 is 1.50 bits per heavy atom. The summed E-state index contributed by atoms with van der Waals surface area (Å²) in [5.74, 6) is -2.18. The van der Waals surface area contributed by atoms with E-state index in [4.69, 9.17) is 0 Å². The molecule has 272 valence electrons. The number of piperidine rings is 1. The standard InChI is InChI=1S/C39H63NO7S/c1-10-14-26(34(44)31(43)19-25-15-16-25)20-30(42)33-32-29(38(32,8)9)23-40(33)35(45)28(36(2,3)4)21-27(41)22-39(17-12-11-13-18-39)24-48(46,47)37(5,6)7/h25-26,28-29,32-33H,10-24H2,1-9H3/t26-,28-,29?,32+,33-/m1/s1. The normalized spacial score (nSPS) is 26.4. The fourth-order valence-corrected chi connectivity index (χ4v) is 10.4. The van der Waals surface area contributed by atoms with Gasteiger partial charge in [0.2, 0.25) is 11.7 Å². The molecule has 9 heteroatoms. The molecule has 8 nitrogen and oxygen atoms in total. The first-order chi connectivity index (χ1) is 22.0. The molecule has 5 atom stereocenters. The zero-order chi connectivity index (χ0) is 36.0. The lowest BCUT2D eigenvalue weighted by Gasteiger charge is -2.40. The number of hydrogen-bond acceptors (Lipinski definition) is 7. The van der Waals surface area contributed by atoms with Gasteiger partial charge >= 0.3 is 0 Å². The van der Waals surface area contributed by atoms with Crippen LogP contribution >= 0.6 is 0 Å². The molecule has 0 aromatic rings. The average molecular weight is 690 g/mol. The van der Waals surface area contributed by atoms with Gasteiger partial charge in [0.1, 0.15) is 5.78 Å². The average Bonchev–Trinajstić information content (AvgIpc) is 3.81. The number of carbonyl (C=O) groups excluding carboxylic acids is 5. The molecule has 1 amide bonds. The second-order valence-electron chi connectivity index (χ2n) is 18.8. The topological polar surface area (TPSA) is 123 Å². The van der Waals surface area contributed by atoms with E-state index in [1.54, 1.807) is 25.7 Å². The molecule has 0 spiro atoms. The minimum absolute atomic E-state index is 0.00238. The quantitative estimate of drug-likeness (QED) is 0.161. The number of hydrogen-bond donors (Lipinski definition) is 0. The summed E-state index contributed by atoms with van der Waals surface area (Å²) < 4.78 is 25.8. The van der Waals surface area contributed by atoms with Crippen LogP contribution in [0.2, 0.25) is 0 Å². The molecule has 1 heterocycles. The Kier molecular flexibility index (Phi) is 11.4. The Bertz CT molecular complexity index is 1370. The third-order valence-electron chi connectivity index (χ3n) is 12.4. The SMILES string of the molecule is CCC[C@H](CC(=O)[C@@H]1[C@@H]2C(CN1C(=O)[C@@H](CC(=O)CC1(CS(=O)(=O)C(C)(C)C)CCCCC1)C(C)(C)C)C2(C)C)C(=O)C(=O)CC1CC1. The van der Waals surface area contributed by atoms with Gasteiger partial charge in [-0.15, -0.1) is 0 Å². The number of amides is 1. The minimum Gasteiger partial charge on any atom is -0.332 e. The van der Waals surface area contributed by atoms with E-state index in [0.717, 1.165) is 32.1 Å². The van der Waals surface area contributed by atoms with Crippen molar-refractivity contribution in [3.63, 3.8) is 0 Å². The summed E-state index contributed by atoms with van der Waals surface area (Å²) in [6.07, 6.45) is 7.63. The summed E-state index contributed by atoms with van der Waals surface area (Å²) >= 11 is 0. The molecule has 4 aliphatic rings. The lowest BCUT2D eigenvalue weighted by molar-refractivity contribution is -0.148. The molecular formula is C39H63NO7S. The van der Waals surface area contributed by atoms with Crippen molar-refractivity contribution in [2.24, 2.45) is 45.8 Å². The van der Waals surface area contributed by atoms with Crippen LogP contribution in [0.3, 0.4) is 0 Å². The Morgan fingerprint density at radius 1 is 0.896 bits per heavy atom. The van der Waals surface area contributed by atoms with E-state index in [1.807, 2.05) is 27.7 Å². The summed E-state index contributed by atoms with van der Waals surface area (Å²) in [5, 5.41) is 0. The largest absolute Gasteiger partial charge is 0.332 e. The number of Topliss-reactive ketones (excluding diaryl/α,β-unsaturated/α-hetero) is 4. The molecule has 1 unspecified atom stereocenters. The van der Waals surface area contributed by atoms with Crippen LogP contribution in [0.1, 0.15) is 146 Å². The maximum atomic E-state index is 14.5. The van der Waals surface area contributed by atoms with Gasteiger partial charge in [-0.3, -0.25) is 24.0 Å². The van der Waals surface area contributed by atoms with E-state index >= 15 is 0 Å². The lowest BCUT2D eigenvalue weighted by atomic mass is 9.70. The summed E-state index contributed by atoms with van der Waals surface area (Å²) in [6, 6.07) is -0.676. The number of fused-ring (bicyclic) bond motifs is 1. The van der Waals surface area contributed by atoms with Crippen LogP contribution in [0.15, 0.2) is 0 Å². The zero-order valence-electron chi connectivity index (χ0n) is 31.3. The minimum atomic E-state index is -3.46. The van der Waals surface area contributed by atoms with Crippen LogP contribution < -0.4 is 0 Å². The van der Waals surface area contributed by atoms with Crippen molar-refractivity contribution in [3.8, 4) is 0 Å². The van der Waals surface area contributed by atoms with Crippen LogP contribution in [0.5, 0.6) is 0 Å². The van der Waals surface area contributed by atoms with Gasteiger partial charge in [0.25, 0.3) is 0 Å². The van der Waals surface area contributed by atoms with E-state index in [9.17, 15) is 32.4 Å². The van der Waals surface area contributed by atoms with Crippen LogP contribution in [-0.4, -0.2) is 65.4 Å². The van der Waals surface area contributed by atoms with Crippen LogP contribution in [0.4, 0.5) is 0 Å². The van der Waals surface area contributed by atoms with Crippen molar-refractivity contribution in [2.45, 2.75) is 157 Å². The van der Waals surface area contributed by atoms with Gasteiger partial charge in [-0.2, -0.15) is 0 Å². The molecule has 4 rings (SSSR count). The van der Waals surface area contributed by atoms with E-state index in [-0.39, 0.29) is 71.9 Å². The number of nitrogens with zero attached hydrogens (tertiary/aromatic N) is 1. The van der Waals surface area contributed by atoms with E-state index < -0.39 is 49.1 Å². The highest BCUT2D eigenvalue weighted by atomic mass is 32.2. The number of likely N-dealkylation sites (tertiary alicyclic amines) is 1. The smallest absolute Gasteiger partial charge is 0.227 e. The molecular weight excluding hydrogens is 626 g/mol. The van der Waals surface area contributed by atoms with E-state index in [1.165, 1.54) is 0 Å². The van der Waals surface area contributed by atoms with Crippen LogP contribution in [-0.2, 0) is 33.8 Å². The van der Waals surface area contributed by atoms with Gasteiger partial charge in [0.15, 0.2) is 21.4 Å². The molecule has 3 saturated carbocycles. The Morgan fingerprint density at radius 3 is 2.02 bits per heavy atom. The predicted octanol–water partition coefficient (Wildman–Crippen LogP) is 6.96. The Balaban J connectivity index is 1.54. The highest BCUT2D eigenvalue weighted by Crippen LogP contribution is 2.65. The van der Waals surface area contributed by atoms with Crippen molar-refractivity contribution >= 4 is 38.9 Å². The third-order valence-corrected chi connectivity index (χ3v) is 15.3. The first-order valence-corrected chi connectivity index (χ1v) is 20.3. The maximum Gasteiger partial charge on any atom is 0.227 e. The second-order valence-corrected chi connectivity index (χ2v) is 21.5. The molecule has 0 radical (unpaired) electrons. The van der Waals surface area contributed by atoms with Crippen molar-refractivity contribution in [3.05, 3.63) is 0 Å². The highest BCUT2D eigenvalue weighted by Gasteiger charge is 2.69. The van der Waals surface area contributed by atoms with E-state index in [2.05, 4.69) is 13.8 Å².